The fourth-order valence-corrected chi connectivity index (χ4v) is 4.51. The van der Waals surface area contributed by atoms with Crippen LogP contribution < -0.4 is 0 Å². The highest BCUT2D eigenvalue weighted by atomic mass is 19.1. The summed E-state index contributed by atoms with van der Waals surface area (Å²) < 4.78 is 15.8. The number of nitrogens with one attached hydrogen (secondary N) is 1. The molecule has 0 bridgehead atoms. The van der Waals surface area contributed by atoms with Gasteiger partial charge in [0.2, 0.25) is 0 Å². The Morgan fingerprint density at radius 1 is 1.30 bits per heavy atom. The van der Waals surface area contributed by atoms with Crippen LogP contribution in [0.1, 0.15) is 41.7 Å². The molecule has 1 aliphatic rings. The van der Waals surface area contributed by atoms with Gasteiger partial charge in [0, 0.05) is 38.1 Å². The van der Waals surface area contributed by atoms with Gasteiger partial charge in [-0.3, -0.25) is 9.88 Å². The van der Waals surface area contributed by atoms with Gasteiger partial charge in [0.15, 0.2) is 0 Å². The van der Waals surface area contributed by atoms with E-state index in [1.54, 1.807) is 18.5 Å². The van der Waals surface area contributed by atoms with Gasteiger partial charge >= 0.3 is 0 Å². The van der Waals surface area contributed by atoms with Crippen molar-refractivity contribution in [1.29, 1.82) is 0 Å². The van der Waals surface area contributed by atoms with Crippen LogP contribution in [0.5, 0.6) is 0 Å². The molecule has 3 heterocycles. The van der Waals surface area contributed by atoms with E-state index in [0.717, 1.165) is 54.8 Å². The molecule has 0 fully saturated rings. The van der Waals surface area contributed by atoms with E-state index in [1.807, 2.05) is 30.1 Å². The second-order valence-corrected chi connectivity index (χ2v) is 7.97. The van der Waals surface area contributed by atoms with Gasteiger partial charge in [-0.15, -0.1) is 0 Å². The summed E-state index contributed by atoms with van der Waals surface area (Å²) in [6.45, 7) is 1.54. The number of aryl methyl sites for hydroxylation is 2. The van der Waals surface area contributed by atoms with Gasteiger partial charge < -0.3 is 9.55 Å². The highest BCUT2D eigenvalue weighted by Crippen LogP contribution is 2.34. The molecule has 6 nitrogen and oxygen atoms in total. The molecule has 0 radical (unpaired) electrons. The summed E-state index contributed by atoms with van der Waals surface area (Å²) in [7, 11) is 1.96. The van der Waals surface area contributed by atoms with Crippen molar-refractivity contribution in [3.63, 3.8) is 0 Å². The Balaban J connectivity index is 1.48. The third-order valence-corrected chi connectivity index (χ3v) is 6.11. The second-order valence-electron chi connectivity index (χ2n) is 7.97. The third-order valence-electron chi connectivity index (χ3n) is 6.11. The number of hydrogen-bond acceptors (Lipinski definition) is 4. The Morgan fingerprint density at radius 2 is 2.23 bits per heavy atom. The van der Waals surface area contributed by atoms with Crippen molar-refractivity contribution in [1.82, 2.24) is 29.4 Å². The van der Waals surface area contributed by atoms with Crippen molar-refractivity contribution < 1.29 is 4.39 Å². The van der Waals surface area contributed by atoms with Gasteiger partial charge in [0.05, 0.1) is 35.6 Å². The number of H-pyrrole nitrogens is 1. The summed E-state index contributed by atoms with van der Waals surface area (Å²) in [5.41, 5.74) is 5.28. The minimum atomic E-state index is -0.237. The Morgan fingerprint density at radius 3 is 3.10 bits per heavy atom. The first-order valence-corrected chi connectivity index (χ1v) is 10.4. The topological polar surface area (TPSA) is 62.6 Å². The van der Waals surface area contributed by atoms with E-state index >= 15 is 0 Å². The summed E-state index contributed by atoms with van der Waals surface area (Å²) in [5, 5.41) is 0. The summed E-state index contributed by atoms with van der Waals surface area (Å²) in [5.74, 6) is 0.696. The Bertz CT molecular complexity index is 1150. The molecule has 1 aromatic carbocycles. The Hall–Kier alpha value is -3.06. The normalized spacial score (nSPS) is 16.3. The summed E-state index contributed by atoms with van der Waals surface area (Å²) in [6.07, 6.45) is 9.67. The van der Waals surface area contributed by atoms with Gasteiger partial charge in [-0.2, -0.15) is 0 Å². The monoisotopic (exact) mass is 404 g/mol. The van der Waals surface area contributed by atoms with Crippen molar-refractivity contribution in [2.45, 2.75) is 38.3 Å². The van der Waals surface area contributed by atoms with Gasteiger partial charge in [0.1, 0.15) is 11.6 Å². The second kappa shape index (κ2) is 7.99. The van der Waals surface area contributed by atoms with E-state index in [0.29, 0.717) is 6.54 Å². The molecule has 4 aromatic rings. The average Bonchev–Trinajstić information content (AvgIpc) is 3.39. The van der Waals surface area contributed by atoms with Gasteiger partial charge in [-0.25, -0.2) is 14.4 Å². The molecule has 0 saturated heterocycles. The molecule has 0 spiro atoms. The van der Waals surface area contributed by atoms with Crippen molar-refractivity contribution in [3.8, 4) is 0 Å². The number of aromatic nitrogens is 5. The molecular weight excluding hydrogens is 379 g/mol. The van der Waals surface area contributed by atoms with Crippen molar-refractivity contribution in [3.05, 3.63) is 77.6 Å². The molecule has 0 aliphatic heterocycles. The fourth-order valence-electron chi connectivity index (χ4n) is 4.51. The maximum atomic E-state index is 13.8. The van der Waals surface area contributed by atoms with Crippen LogP contribution in [-0.2, 0) is 26.4 Å². The third kappa shape index (κ3) is 3.61. The zero-order valence-electron chi connectivity index (χ0n) is 17.1. The van der Waals surface area contributed by atoms with E-state index in [4.69, 9.17) is 9.97 Å². The van der Waals surface area contributed by atoms with Crippen LogP contribution in [0.4, 0.5) is 4.39 Å². The molecule has 154 valence electrons. The lowest BCUT2D eigenvalue weighted by Gasteiger charge is -2.34. The minimum absolute atomic E-state index is 0.237. The predicted molar refractivity (Wildman–Crippen MR) is 113 cm³/mol. The quantitative estimate of drug-likeness (QED) is 0.529. The number of imidazole rings is 2. The van der Waals surface area contributed by atoms with E-state index in [1.165, 1.54) is 17.3 Å². The minimum Gasteiger partial charge on any atom is -0.348 e. The molecule has 7 heteroatoms. The SMILES string of the molecule is Cn1c(CN(CCc2cnc[nH]2)C2CCCc3cccnc32)nc2ccc(F)cc21. The number of aromatic amines is 1. The van der Waals surface area contributed by atoms with Crippen LogP contribution in [0.3, 0.4) is 0 Å². The number of pyridine rings is 1. The number of halogens is 1. The van der Waals surface area contributed by atoms with Crippen LogP contribution in [-0.4, -0.2) is 35.9 Å². The first-order chi connectivity index (χ1) is 14.7. The number of nitrogens with zero attached hydrogens (tertiary/aromatic N) is 5. The van der Waals surface area contributed by atoms with E-state index in [-0.39, 0.29) is 11.9 Å². The van der Waals surface area contributed by atoms with Gasteiger partial charge in [0.25, 0.3) is 0 Å². The summed E-state index contributed by atoms with van der Waals surface area (Å²) in [4.78, 5) is 19.4. The first kappa shape index (κ1) is 18.9. The average molecular weight is 404 g/mol. The molecular formula is C23H25FN6. The standard InChI is InChI=1S/C23H25FN6/c1-29-21-12-17(24)7-8-19(21)28-22(29)14-30(11-9-18-13-25-15-27-18)20-6-2-4-16-5-3-10-26-23(16)20/h3,5,7-8,10,12-13,15,20H,2,4,6,9,11,14H2,1H3,(H,25,27). The van der Waals surface area contributed by atoms with Gasteiger partial charge in [-0.1, -0.05) is 6.07 Å². The van der Waals surface area contributed by atoms with Crippen LogP contribution >= 0.6 is 0 Å². The molecule has 1 aliphatic carbocycles. The number of fused-ring (bicyclic) bond motifs is 2. The number of rotatable bonds is 6. The smallest absolute Gasteiger partial charge is 0.125 e. The predicted octanol–water partition coefficient (Wildman–Crippen LogP) is 3.95. The van der Waals surface area contributed by atoms with Crippen LogP contribution in [0.25, 0.3) is 11.0 Å². The zero-order chi connectivity index (χ0) is 20.5. The molecule has 3 aromatic heterocycles. The van der Waals surface area contributed by atoms with Crippen LogP contribution in [0, 0.1) is 5.82 Å². The lowest BCUT2D eigenvalue weighted by atomic mass is 9.90. The Labute approximate surface area is 174 Å². The summed E-state index contributed by atoms with van der Waals surface area (Å²) in [6, 6.07) is 9.24. The largest absolute Gasteiger partial charge is 0.348 e. The van der Waals surface area contributed by atoms with Crippen LogP contribution in [0.2, 0.25) is 0 Å². The maximum absolute atomic E-state index is 13.8. The molecule has 30 heavy (non-hydrogen) atoms. The van der Waals surface area contributed by atoms with Gasteiger partial charge in [-0.05, 0) is 49.1 Å². The Kier molecular flexibility index (Phi) is 5.04. The number of hydrogen-bond donors (Lipinski definition) is 1. The van der Waals surface area contributed by atoms with Crippen molar-refractivity contribution in [2.75, 3.05) is 6.54 Å². The molecule has 1 atom stereocenters. The van der Waals surface area contributed by atoms with E-state index in [9.17, 15) is 4.39 Å². The zero-order valence-corrected chi connectivity index (χ0v) is 17.1. The molecule has 5 rings (SSSR count). The maximum Gasteiger partial charge on any atom is 0.125 e. The van der Waals surface area contributed by atoms with E-state index in [2.05, 4.69) is 20.9 Å². The number of benzene rings is 1. The molecule has 1 unspecified atom stereocenters. The lowest BCUT2D eigenvalue weighted by molar-refractivity contribution is 0.162. The first-order valence-electron chi connectivity index (χ1n) is 10.4. The lowest BCUT2D eigenvalue weighted by Crippen LogP contribution is -2.34. The highest BCUT2D eigenvalue weighted by Gasteiger charge is 2.28. The van der Waals surface area contributed by atoms with Crippen LogP contribution in [0.15, 0.2) is 49.1 Å². The fraction of sp³-hybridized carbons (Fsp3) is 0.348. The van der Waals surface area contributed by atoms with Crippen molar-refractivity contribution in [2.24, 2.45) is 7.05 Å². The van der Waals surface area contributed by atoms with Crippen molar-refractivity contribution >= 4 is 11.0 Å². The molecule has 0 amide bonds. The highest BCUT2D eigenvalue weighted by molar-refractivity contribution is 5.75. The van der Waals surface area contributed by atoms with E-state index < -0.39 is 0 Å². The molecule has 0 saturated carbocycles. The molecule has 1 N–H and O–H groups in total. The summed E-state index contributed by atoms with van der Waals surface area (Å²) >= 11 is 0.